The van der Waals surface area contributed by atoms with Gasteiger partial charge in [-0.2, -0.15) is 0 Å². The zero-order valence-electron chi connectivity index (χ0n) is 15.9. The van der Waals surface area contributed by atoms with Gasteiger partial charge in [0.05, 0.1) is 6.04 Å². The second-order valence-electron chi connectivity index (χ2n) is 5.97. The molecule has 0 bridgehead atoms. The van der Waals surface area contributed by atoms with Crippen molar-refractivity contribution in [2.24, 2.45) is 0 Å². The minimum absolute atomic E-state index is 0.0159. The van der Waals surface area contributed by atoms with Crippen LogP contribution in [0.5, 0.6) is 0 Å². The van der Waals surface area contributed by atoms with Gasteiger partial charge in [-0.1, -0.05) is 23.1 Å². The number of nitrogens with zero attached hydrogens (tertiary/aromatic N) is 2. The summed E-state index contributed by atoms with van der Waals surface area (Å²) in [6.45, 7) is 6.06. The van der Waals surface area contributed by atoms with Crippen molar-refractivity contribution < 1.29 is 27.3 Å². The van der Waals surface area contributed by atoms with Crippen LogP contribution >= 0.6 is 11.3 Å². The van der Waals surface area contributed by atoms with Crippen LogP contribution in [-0.2, 0) is 0 Å². The molecule has 4 N–H and O–H groups in total. The number of nitrogens with two attached hydrogens (primary N) is 1. The summed E-state index contributed by atoms with van der Waals surface area (Å²) in [6, 6.07) is -0.374. The number of thiazole rings is 1. The molecular formula is C18H18F3N5O3S. The standard InChI is InChI=1S/C18H18F3N5O3S/c1-4-10(19)6-5-8(2)23-18-25-16(22)14(30-18)13(27)12-7-11(26-29-12)17(28)24-9(3)15(20)21/h4-7,9,15H,1,22H2,2-3H3,(H,23,25)(H,24,28)/b8-5+,10-6+. The molecule has 0 aromatic carbocycles. The van der Waals surface area contributed by atoms with Crippen molar-refractivity contribution in [3.05, 3.63) is 58.7 Å². The first kappa shape index (κ1) is 22.9. The first-order valence-corrected chi connectivity index (χ1v) is 9.24. The quantitative estimate of drug-likeness (QED) is 0.401. The third-order valence-electron chi connectivity index (χ3n) is 3.55. The fraction of sp³-hybridized carbons (Fsp3) is 0.222. The summed E-state index contributed by atoms with van der Waals surface area (Å²) in [5.41, 5.74) is 5.96. The largest absolute Gasteiger partial charge is 0.382 e. The summed E-state index contributed by atoms with van der Waals surface area (Å²) in [5, 5.41) is 8.58. The SMILES string of the molecule is C=C/C(F)=C\C=C(/C)Nc1nc(N)c(C(=O)c2cc(C(=O)NC(C)C(F)F)no2)s1. The van der Waals surface area contributed by atoms with Gasteiger partial charge in [-0.25, -0.2) is 18.2 Å². The summed E-state index contributed by atoms with van der Waals surface area (Å²) in [5.74, 6) is -2.54. The smallest absolute Gasteiger partial charge is 0.273 e. The number of hydrogen-bond acceptors (Lipinski definition) is 8. The highest BCUT2D eigenvalue weighted by atomic mass is 32.1. The molecule has 1 atom stereocenters. The molecule has 12 heteroatoms. The molecule has 2 aromatic rings. The van der Waals surface area contributed by atoms with E-state index >= 15 is 0 Å². The summed E-state index contributed by atoms with van der Waals surface area (Å²) < 4.78 is 43.0. The van der Waals surface area contributed by atoms with Gasteiger partial charge in [0, 0.05) is 11.8 Å². The van der Waals surface area contributed by atoms with Gasteiger partial charge in [-0.05, 0) is 32.1 Å². The number of nitrogen functional groups attached to an aromatic ring is 1. The maximum atomic E-state index is 13.1. The third kappa shape index (κ3) is 5.80. The molecule has 0 saturated carbocycles. The summed E-state index contributed by atoms with van der Waals surface area (Å²) >= 11 is 0.903. The minimum atomic E-state index is -2.76. The Morgan fingerprint density at radius 3 is 2.70 bits per heavy atom. The van der Waals surface area contributed by atoms with E-state index in [0.717, 1.165) is 30.4 Å². The normalized spacial score (nSPS) is 13.3. The monoisotopic (exact) mass is 441 g/mol. The van der Waals surface area contributed by atoms with Crippen LogP contribution in [0.3, 0.4) is 0 Å². The van der Waals surface area contributed by atoms with Crippen molar-refractivity contribution in [3.63, 3.8) is 0 Å². The fourth-order valence-corrected chi connectivity index (χ4v) is 2.87. The molecule has 30 heavy (non-hydrogen) atoms. The van der Waals surface area contributed by atoms with Gasteiger partial charge in [0.15, 0.2) is 10.8 Å². The van der Waals surface area contributed by atoms with Gasteiger partial charge in [-0.15, -0.1) is 0 Å². The van der Waals surface area contributed by atoms with Crippen LogP contribution in [0.2, 0.25) is 0 Å². The van der Waals surface area contributed by atoms with Crippen molar-refractivity contribution >= 4 is 34.0 Å². The lowest BCUT2D eigenvalue weighted by Crippen LogP contribution is -2.37. The van der Waals surface area contributed by atoms with Crippen LogP contribution in [0.4, 0.5) is 24.1 Å². The molecular weight excluding hydrogens is 423 g/mol. The molecule has 0 aliphatic rings. The Hall–Kier alpha value is -3.41. The Kier molecular flexibility index (Phi) is 7.53. The molecule has 2 heterocycles. The molecule has 0 spiro atoms. The maximum Gasteiger partial charge on any atom is 0.273 e. The van der Waals surface area contributed by atoms with E-state index in [0.29, 0.717) is 5.70 Å². The third-order valence-corrected chi connectivity index (χ3v) is 4.54. The van der Waals surface area contributed by atoms with Crippen LogP contribution in [0.15, 0.2) is 46.9 Å². The van der Waals surface area contributed by atoms with E-state index in [9.17, 15) is 22.8 Å². The second-order valence-corrected chi connectivity index (χ2v) is 6.96. The molecule has 0 saturated heterocycles. The van der Waals surface area contributed by atoms with Gasteiger partial charge in [0.1, 0.15) is 16.5 Å². The number of alkyl halides is 2. The summed E-state index contributed by atoms with van der Waals surface area (Å²) in [6.07, 6.45) is 0.917. The average Bonchev–Trinajstić information content (AvgIpc) is 3.32. The summed E-state index contributed by atoms with van der Waals surface area (Å²) in [4.78, 5) is 28.5. The maximum absolute atomic E-state index is 13.1. The highest BCUT2D eigenvalue weighted by Crippen LogP contribution is 2.28. The molecule has 1 amide bonds. The number of nitrogens with one attached hydrogen (secondary N) is 2. The van der Waals surface area contributed by atoms with Crippen molar-refractivity contribution in [3.8, 4) is 0 Å². The number of amides is 1. The van der Waals surface area contributed by atoms with Gasteiger partial charge in [0.2, 0.25) is 11.5 Å². The Labute approximate surface area is 173 Å². The highest BCUT2D eigenvalue weighted by Gasteiger charge is 2.25. The van der Waals surface area contributed by atoms with Crippen LogP contribution in [-0.4, -0.2) is 34.3 Å². The lowest BCUT2D eigenvalue weighted by Gasteiger charge is -2.10. The lowest BCUT2D eigenvalue weighted by atomic mass is 10.2. The zero-order chi connectivity index (χ0) is 22.4. The first-order chi connectivity index (χ1) is 14.1. The fourth-order valence-electron chi connectivity index (χ4n) is 1.98. The predicted octanol–water partition coefficient (Wildman–Crippen LogP) is 3.68. The molecule has 0 radical (unpaired) electrons. The van der Waals surface area contributed by atoms with Crippen LogP contribution in [0.25, 0.3) is 0 Å². The van der Waals surface area contributed by atoms with E-state index in [1.165, 1.54) is 12.2 Å². The van der Waals surface area contributed by atoms with E-state index in [4.69, 9.17) is 10.3 Å². The predicted molar refractivity (Wildman–Crippen MR) is 106 cm³/mol. The number of rotatable bonds is 9. The van der Waals surface area contributed by atoms with E-state index in [2.05, 4.69) is 22.0 Å². The zero-order valence-corrected chi connectivity index (χ0v) is 16.7. The number of halogens is 3. The van der Waals surface area contributed by atoms with Crippen molar-refractivity contribution in [1.29, 1.82) is 0 Å². The lowest BCUT2D eigenvalue weighted by molar-refractivity contribution is 0.0772. The number of anilines is 2. The minimum Gasteiger partial charge on any atom is -0.382 e. The number of ketones is 1. The molecule has 8 nitrogen and oxygen atoms in total. The van der Waals surface area contributed by atoms with Crippen LogP contribution < -0.4 is 16.4 Å². The molecule has 1 unspecified atom stereocenters. The van der Waals surface area contributed by atoms with E-state index in [-0.39, 0.29) is 27.3 Å². The Morgan fingerprint density at radius 2 is 2.07 bits per heavy atom. The molecule has 2 aromatic heterocycles. The number of carbonyl (C=O) groups is 2. The average molecular weight is 441 g/mol. The van der Waals surface area contributed by atoms with E-state index in [1.807, 2.05) is 5.32 Å². The van der Waals surface area contributed by atoms with Crippen LogP contribution in [0.1, 0.15) is 39.8 Å². The molecule has 0 aliphatic heterocycles. The first-order valence-electron chi connectivity index (χ1n) is 8.42. The molecule has 160 valence electrons. The number of allylic oxidation sites excluding steroid dienone is 5. The van der Waals surface area contributed by atoms with Gasteiger partial charge >= 0.3 is 0 Å². The molecule has 2 rings (SSSR count). The van der Waals surface area contributed by atoms with Gasteiger partial charge in [0.25, 0.3) is 12.3 Å². The van der Waals surface area contributed by atoms with E-state index in [1.54, 1.807) is 6.92 Å². The number of carbonyl (C=O) groups excluding carboxylic acids is 2. The number of hydrogen-bond donors (Lipinski definition) is 3. The van der Waals surface area contributed by atoms with Crippen LogP contribution in [0, 0.1) is 0 Å². The Balaban J connectivity index is 2.14. The van der Waals surface area contributed by atoms with Crippen molar-refractivity contribution in [2.75, 3.05) is 11.1 Å². The number of aromatic nitrogens is 2. The van der Waals surface area contributed by atoms with E-state index < -0.39 is 30.0 Å². The Morgan fingerprint density at radius 1 is 1.37 bits per heavy atom. The topological polar surface area (TPSA) is 123 Å². The molecule has 0 fully saturated rings. The Bertz CT molecular complexity index is 1010. The molecule has 0 aliphatic carbocycles. The van der Waals surface area contributed by atoms with Crippen molar-refractivity contribution in [2.45, 2.75) is 26.3 Å². The summed E-state index contributed by atoms with van der Waals surface area (Å²) in [7, 11) is 0. The van der Waals surface area contributed by atoms with Gasteiger partial charge in [-0.3, -0.25) is 9.59 Å². The van der Waals surface area contributed by atoms with Gasteiger partial charge < -0.3 is 20.9 Å². The second kappa shape index (κ2) is 9.87. The van der Waals surface area contributed by atoms with Crippen molar-refractivity contribution in [1.82, 2.24) is 15.5 Å². The highest BCUT2D eigenvalue weighted by molar-refractivity contribution is 7.18.